The number of carbonyl (C=O) groups excluding carboxylic acids is 1. The van der Waals surface area contributed by atoms with Crippen LogP contribution in [-0.4, -0.2) is 45.3 Å². The van der Waals surface area contributed by atoms with Gasteiger partial charge >= 0.3 is 0 Å². The van der Waals surface area contributed by atoms with E-state index in [1.54, 1.807) is 6.20 Å². The Bertz CT molecular complexity index is 1050. The van der Waals surface area contributed by atoms with E-state index in [1.807, 2.05) is 46.8 Å². The highest BCUT2D eigenvalue weighted by Gasteiger charge is 2.44. The number of likely N-dealkylation sites (tertiary alicyclic amines) is 1. The maximum atomic E-state index is 12.8. The Morgan fingerprint density at radius 1 is 1.17 bits per heavy atom. The van der Waals surface area contributed by atoms with Crippen LogP contribution >= 0.6 is 0 Å². The number of para-hydroxylation sites is 1. The maximum absolute atomic E-state index is 12.8. The van der Waals surface area contributed by atoms with Crippen molar-refractivity contribution in [1.29, 1.82) is 0 Å². The largest absolute Gasteiger partial charge is 0.368 e. The summed E-state index contributed by atoms with van der Waals surface area (Å²) in [5.41, 5.74) is 4.94. The minimum absolute atomic E-state index is 0.133. The van der Waals surface area contributed by atoms with E-state index in [1.165, 1.54) is 5.56 Å². The number of aryl methyl sites for hydroxylation is 1. The van der Waals surface area contributed by atoms with Crippen LogP contribution in [0.1, 0.15) is 35.4 Å². The number of fused-ring (bicyclic) bond motifs is 2. The van der Waals surface area contributed by atoms with Crippen molar-refractivity contribution >= 4 is 5.91 Å². The first-order chi connectivity index (χ1) is 14.6. The summed E-state index contributed by atoms with van der Waals surface area (Å²) in [5, 5.41) is 4.92. The molecule has 2 aliphatic rings. The highest BCUT2D eigenvalue weighted by molar-refractivity contribution is 5.78. The summed E-state index contributed by atoms with van der Waals surface area (Å²) in [6.45, 7) is 4.09. The van der Waals surface area contributed by atoms with Crippen LogP contribution in [0.5, 0.6) is 0 Å². The van der Waals surface area contributed by atoms with Crippen molar-refractivity contribution in [2.24, 2.45) is 0 Å². The van der Waals surface area contributed by atoms with Gasteiger partial charge in [-0.25, -0.2) is 4.68 Å². The average Bonchev–Trinajstić information content (AvgIpc) is 3.21. The molecule has 4 heterocycles. The van der Waals surface area contributed by atoms with Gasteiger partial charge in [0.05, 0.1) is 24.4 Å². The van der Waals surface area contributed by atoms with E-state index in [0.29, 0.717) is 26.1 Å². The molecule has 0 aliphatic carbocycles. The van der Waals surface area contributed by atoms with Crippen LogP contribution in [0, 0.1) is 6.92 Å². The highest BCUT2D eigenvalue weighted by Crippen LogP contribution is 2.41. The van der Waals surface area contributed by atoms with E-state index < -0.39 is 0 Å². The number of carbonyl (C=O) groups is 1. The molecule has 0 atom stereocenters. The van der Waals surface area contributed by atoms with Gasteiger partial charge in [0.2, 0.25) is 5.91 Å². The molecule has 154 valence electrons. The SMILES string of the molecule is Cc1ccnc(CC(=O)N2CCC3(CC2)OCCc2cn(-c4ccccc4)nc23)c1. The van der Waals surface area contributed by atoms with Crippen molar-refractivity contribution in [3.05, 3.63) is 77.4 Å². The summed E-state index contributed by atoms with van der Waals surface area (Å²) < 4.78 is 8.28. The summed E-state index contributed by atoms with van der Waals surface area (Å²) in [4.78, 5) is 19.1. The van der Waals surface area contributed by atoms with Gasteiger partial charge in [0.25, 0.3) is 0 Å². The van der Waals surface area contributed by atoms with Crippen LogP contribution < -0.4 is 0 Å². The van der Waals surface area contributed by atoms with E-state index in [4.69, 9.17) is 9.84 Å². The van der Waals surface area contributed by atoms with Crippen LogP contribution in [0.4, 0.5) is 0 Å². The normalized spacial score (nSPS) is 17.7. The monoisotopic (exact) mass is 402 g/mol. The third-order valence-corrected chi connectivity index (χ3v) is 6.22. The predicted octanol–water partition coefficient (Wildman–Crippen LogP) is 3.21. The summed E-state index contributed by atoms with van der Waals surface area (Å²) in [6.07, 6.45) is 6.69. The molecule has 0 radical (unpaired) electrons. The highest BCUT2D eigenvalue weighted by atomic mass is 16.5. The Hall–Kier alpha value is -2.99. The zero-order chi connectivity index (χ0) is 20.6. The molecule has 1 spiro atoms. The smallest absolute Gasteiger partial charge is 0.228 e. The van der Waals surface area contributed by atoms with Gasteiger partial charge in [-0.3, -0.25) is 9.78 Å². The molecule has 1 aromatic carbocycles. The molecule has 6 nitrogen and oxygen atoms in total. The summed E-state index contributed by atoms with van der Waals surface area (Å²) in [6, 6.07) is 14.1. The Labute approximate surface area is 176 Å². The number of amides is 1. The van der Waals surface area contributed by atoms with Crippen molar-refractivity contribution < 1.29 is 9.53 Å². The second-order valence-electron chi connectivity index (χ2n) is 8.26. The Morgan fingerprint density at radius 2 is 1.97 bits per heavy atom. The number of benzene rings is 1. The Balaban J connectivity index is 1.31. The lowest BCUT2D eigenvalue weighted by atomic mass is 9.83. The number of piperidine rings is 1. The zero-order valence-corrected chi connectivity index (χ0v) is 17.3. The maximum Gasteiger partial charge on any atom is 0.228 e. The number of nitrogens with zero attached hydrogens (tertiary/aromatic N) is 4. The van der Waals surface area contributed by atoms with E-state index >= 15 is 0 Å². The number of ether oxygens (including phenoxy) is 1. The first kappa shape index (κ1) is 19.0. The first-order valence-corrected chi connectivity index (χ1v) is 10.6. The molecular formula is C24H26N4O2. The Kier molecular flexibility index (Phi) is 4.87. The molecule has 0 saturated carbocycles. The molecule has 3 aromatic rings. The quantitative estimate of drug-likeness (QED) is 0.675. The van der Waals surface area contributed by atoms with Crippen LogP contribution in [-0.2, 0) is 28.0 Å². The fourth-order valence-electron chi connectivity index (χ4n) is 4.57. The van der Waals surface area contributed by atoms with Crippen LogP contribution in [0.15, 0.2) is 54.9 Å². The molecule has 0 bridgehead atoms. The molecule has 0 N–H and O–H groups in total. The van der Waals surface area contributed by atoms with Crippen molar-refractivity contribution in [3.63, 3.8) is 0 Å². The number of rotatable bonds is 3. The standard InChI is InChI=1S/C24H26N4O2/c1-18-7-11-25-20(15-18)16-22(29)27-12-9-24(10-13-27)23-19(8-14-30-24)17-28(26-23)21-5-3-2-4-6-21/h2-7,11,15,17H,8-10,12-14,16H2,1H3. The lowest BCUT2D eigenvalue weighted by molar-refractivity contribution is -0.140. The van der Waals surface area contributed by atoms with Gasteiger partial charge in [0.1, 0.15) is 5.60 Å². The summed E-state index contributed by atoms with van der Waals surface area (Å²) in [7, 11) is 0. The van der Waals surface area contributed by atoms with Gasteiger partial charge in [-0.05, 0) is 61.6 Å². The van der Waals surface area contributed by atoms with Gasteiger partial charge in [-0.15, -0.1) is 0 Å². The number of hydrogen-bond donors (Lipinski definition) is 0. The number of hydrogen-bond acceptors (Lipinski definition) is 4. The average molecular weight is 402 g/mol. The van der Waals surface area contributed by atoms with Gasteiger partial charge in [-0.2, -0.15) is 5.10 Å². The fraction of sp³-hybridized carbons (Fsp3) is 0.375. The van der Waals surface area contributed by atoms with Crippen molar-refractivity contribution in [1.82, 2.24) is 19.7 Å². The number of aromatic nitrogens is 3. The van der Waals surface area contributed by atoms with Crippen LogP contribution in [0.3, 0.4) is 0 Å². The lowest BCUT2D eigenvalue weighted by Gasteiger charge is -2.43. The lowest BCUT2D eigenvalue weighted by Crippen LogP contribution is -2.48. The second-order valence-corrected chi connectivity index (χ2v) is 8.26. The third-order valence-electron chi connectivity index (χ3n) is 6.22. The van der Waals surface area contributed by atoms with E-state index in [-0.39, 0.29) is 11.5 Å². The van der Waals surface area contributed by atoms with Crippen molar-refractivity contribution in [2.45, 2.75) is 38.2 Å². The first-order valence-electron chi connectivity index (χ1n) is 10.6. The van der Waals surface area contributed by atoms with Crippen molar-refractivity contribution in [3.8, 4) is 5.69 Å². The molecule has 1 amide bonds. The summed E-state index contributed by atoms with van der Waals surface area (Å²) >= 11 is 0. The van der Waals surface area contributed by atoms with Gasteiger partial charge in [0.15, 0.2) is 0 Å². The molecule has 1 fully saturated rings. The predicted molar refractivity (Wildman–Crippen MR) is 113 cm³/mol. The summed E-state index contributed by atoms with van der Waals surface area (Å²) in [5.74, 6) is 0.133. The molecule has 5 rings (SSSR count). The minimum Gasteiger partial charge on any atom is -0.368 e. The zero-order valence-electron chi connectivity index (χ0n) is 17.3. The van der Waals surface area contributed by atoms with Gasteiger partial charge in [0, 0.05) is 31.2 Å². The third kappa shape index (κ3) is 3.52. The molecule has 2 aromatic heterocycles. The molecular weight excluding hydrogens is 376 g/mol. The molecule has 0 unspecified atom stereocenters. The number of pyridine rings is 1. The molecule has 30 heavy (non-hydrogen) atoms. The van der Waals surface area contributed by atoms with Gasteiger partial charge < -0.3 is 9.64 Å². The molecule has 1 saturated heterocycles. The minimum atomic E-state index is -0.383. The van der Waals surface area contributed by atoms with Crippen molar-refractivity contribution in [2.75, 3.05) is 19.7 Å². The Morgan fingerprint density at radius 3 is 2.73 bits per heavy atom. The van der Waals surface area contributed by atoms with Crippen LogP contribution in [0.2, 0.25) is 0 Å². The second kappa shape index (κ2) is 7.69. The van der Waals surface area contributed by atoms with E-state index in [2.05, 4.69) is 23.3 Å². The van der Waals surface area contributed by atoms with Gasteiger partial charge in [-0.1, -0.05) is 18.2 Å². The van der Waals surface area contributed by atoms with E-state index in [9.17, 15) is 4.79 Å². The fourth-order valence-corrected chi connectivity index (χ4v) is 4.57. The molecule has 6 heteroatoms. The van der Waals surface area contributed by atoms with E-state index in [0.717, 1.165) is 41.9 Å². The van der Waals surface area contributed by atoms with Crippen LogP contribution in [0.25, 0.3) is 5.69 Å². The molecule has 2 aliphatic heterocycles. The topological polar surface area (TPSA) is 60.3 Å².